The van der Waals surface area contributed by atoms with E-state index in [2.05, 4.69) is 16.0 Å². The van der Waals surface area contributed by atoms with Gasteiger partial charge in [0.2, 0.25) is 5.91 Å². The van der Waals surface area contributed by atoms with Crippen LogP contribution in [0.1, 0.15) is 19.3 Å². The van der Waals surface area contributed by atoms with Crippen molar-refractivity contribution in [2.24, 2.45) is 5.92 Å². The lowest BCUT2D eigenvalue weighted by atomic mass is 10.0. The molecule has 1 amide bonds. The van der Waals surface area contributed by atoms with E-state index in [9.17, 15) is 4.79 Å². The monoisotopic (exact) mass is 215 g/mol. The lowest BCUT2D eigenvalue weighted by Gasteiger charge is -2.20. The molecule has 80 valence electrons. The Bertz CT molecular complexity index is 232. The first-order valence-corrected chi connectivity index (χ1v) is 5.29. The molecule has 0 spiro atoms. The number of carbonyl (C=O) groups is 1. The van der Waals surface area contributed by atoms with E-state index in [1.807, 2.05) is 0 Å². The lowest BCUT2D eigenvalue weighted by molar-refractivity contribution is -0.124. The van der Waals surface area contributed by atoms with E-state index >= 15 is 0 Å². The van der Waals surface area contributed by atoms with Crippen molar-refractivity contribution < 1.29 is 4.79 Å². The van der Waals surface area contributed by atoms with E-state index < -0.39 is 0 Å². The van der Waals surface area contributed by atoms with Gasteiger partial charge in [-0.25, -0.2) is 0 Å². The zero-order valence-corrected chi connectivity index (χ0v) is 9.41. The van der Waals surface area contributed by atoms with Gasteiger partial charge in [-0.15, -0.1) is 0 Å². The smallest absolute Gasteiger partial charge is 0.224 e. The minimum Gasteiger partial charge on any atom is -0.366 e. The molecule has 1 fully saturated rings. The van der Waals surface area contributed by atoms with Crippen LogP contribution in [0, 0.1) is 5.92 Å². The average Bonchev–Trinajstić information content (AvgIpc) is 2.64. The summed E-state index contributed by atoms with van der Waals surface area (Å²) < 4.78 is 0. The molecule has 0 heterocycles. The summed E-state index contributed by atoms with van der Waals surface area (Å²) in [5.74, 6) is 0.171. The molecule has 1 aliphatic rings. The van der Waals surface area contributed by atoms with Crippen LogP contribution in [-0.4, -0.2) is 31.2 Å². The predicted octanol–water partition coefficient (Wildman–Crippen LogP) is -0.00500. The van der Waals surface area contributed by atoms with E-state index in [1.54, 1.807) is 14.1 Å². The molecule has 0 aliphatic heterocycles. The topological polar surface area (TPSA) is 53.2 Å². The zero-order valence-electron chi connectivity index (χ0n) is 8.59. The molecule has 14 heavy (non-hydrogen) atoms. The summed E-state index contributed by atoms with van der Waals surface area (Å²) in [6.07, 6.45) is 3.05. The van der Waals surface area contributed by atoms with Crippen molar-refractivity contribution >= 4 is 23.2 Å². The molecule has 0 unspecified atom stereocenters. The molecular weight excluding hydrogens is 198 g/mol. The highest BCUT2D eigenvalue weighted by Crippen LogP contribution is 2.25. The van der Waals surface area contributed by atoms with Crippen LogP contribution in [0.15, 0.2) is 0 Å². The molecule has 2 atom stereocenters. The predicted molar refractivity (Wildman–Crippen MR) is 60.0 cm³/mol. The van der Waals surface area contributed by atoms with Crippen molar-refractivity contribution in [1.29, 1.82) is 0 Å². The van der Waals surface area contributed by atoms with Crippen LogP contribution in [0.25, 0.3) is 0 Å². The second-order valence-electron chi connectivity index (χ2n) is 3.48. The van der Waals surface area contributed by atoms with E-state index in [0.29, 0.717) is 5.11 Å². The summed E-state index contributed by atoms with van der Waals surface area (Å²) in [6.45, 7) is 0. The highest BCUT2D eigenvalue weighted by Gasteiger charge is 2.32. The lowest BCUT2D eigenvalue weighted by Crippen LogP contribution is -2.46. The van der Waals surface area contributed by atoms with Gasteiger partial charge in [0.05, 0.1) is 5.92 Å². The Kier molecular flexibility index (Phi) is 4.13. The van der Waals surface area contributed by atoms with Crippen molar-refractivity contribution in [1.82, 2.24) is 16.0 Å². The van der Waals surface area contributed by atoms with Gasteiger partial charge in [-0.2, -0.15) is 0 Å². The summed E-state index contributed by atoms with van der Waals surface area (Å²) in [5.41, 5.74) is 0. The Balaban J connectivity index is 2.51. The SMILES string of the molecule is CNC(=O)[C@@H]1CCC[C@H]1NC(=S)NC. The van der Waals surface area contributed by atoms with Gasteiger partial charge in [-0.3, -0.25) is 4.79 Å². The maximum atomic E-state index is 11.5. The summed E-state index contributed by atoms with van der Waals surface area (Å²) in [7, 11) is 3.45. The van der Waals surface area contributed by atoms with Crippen molar-refractivity contribution in [2.45, 2.75) is 25.3 Å². The van der Waals surface area contributed by atoms with Crippen LogP contribution in [0.3, 0.4) is 0 Å². The summed E-state index contributed by atoms with van der Waals surface area (Å²) >= 11 is 5.01. The molecule has 0 aromatic carbocycles. The minimum absolute atomic E-state index is 0.0614. The Morgan fingerprint density at radius 1 is 1.29 bits per heavy atom. The van der Waals surface area contributed by atoms with Crippen LogP contribution in [0.4, 0.5) is 0 Å². The van der Waals surface area contributed by atoms with Gasteiger partial charge in [0.15, 0.2) is 5.11 Å². The van der Waals surface area contributed by atoms with Crippen LogP contribution in [0.5, 0.6) is 0 Å². The second-order valence-corrected chi connectivity index (χ2v) is 3.89. The van der Waals surface area contributed by atoms with E-state index in [-0.39, 0.29) is 17.9 Å². The van der Waals surface area contributed by atoms with E-state index in [1.165, 1.54) is 0 Å². The van der Waals surface area contributed by atoms with Gasteiger partial charge in [0.25, 0.3) is 0 Å². The van der Waals surface area contributed by atoms with Crippen molar-refractivity contribution in [3.05, 3.63) is 0 Å². The second kappa shape index (κ2) is 5.14. The number of hydrogen-bond donors (Lipinski definition) is 3. The summed E-state index contributed by atoms with van der Waals surface area (Å²) in [5, 5.41) is 9.31. The maximum absolute atomic E-state index is 11.5. The fraction of sp³-hybridized carbons (Fsp3) is 0.778. The largest absolute Gasteiger partial charge is 0.366 e. The standard InChI is InChI=1S/C9H17N3OS/c1-10-8(13)6-4-3-5-7(6)12-9(14)11-2/h6-7H,3-5H2,1-2H3,(H,10,13)(H2,11,12,14)/t6-,7-/m1/s1. The Labute approximate surface area is 89.8 Å². The number of rotatable bonds is 2. The zero-order chi connectivity index (χ0) is 10.6. The first-order valence-electron chi connectivity index (χ1n) is 4.89. The van der Waals surface area contributed by atoms with E-state index in [4.69, 9.17) is 12.2 Å². The third-order valence-electron chi connectivity index (χ3n) is 2.64. The van der Waals surface area contributed by atoms with Crippen LogP contribution >= 0.6 is 12.2 Å². The summed E-state index contributed by atoms with van der Waals surface area (Å²) in [6, 6.07) is 0.190. The molecule has 0 saturated heterocycles. The van der Waals surface area contributed by atoms with Gasteiger partial charge in [-0.1, -0.05) is 6.42 Å². The molecule has 0 radical (unpaired) electrons. The fourth-order valence-corrected chi connectivity index (χ4v) is 2.02. The van der Waals surface area contributed by atoms with Crippen LogP contribution < -0.4 is 16.0 Å². The summed E-state index contributed by atoms with van der Waals surface area (Å²) in [4.78, 5) is 11.5. The highest BCUT2D eigenvalue weighted by atomic mass is 32.1. The van der Waals surface area contributed by atoms with Gasteiger partial charge in [0.1, 0.15) is 0 Å². The number of carbonyl (C=O) groups excluding carboxylic acids is 1. The van der Waals surface area contributed by atoms with Gasteiger partial charge in [-0.05, 0) is 25.1 Å². The van der Waals surface area contributed by atoms with Gasteiger partial charge in [0, 0.05) is 20.1 Å². The number of nitrogens with one attached hydrogen (secondary N) is 3. The van der Waals surface area contributed by atoms with Crippen LogP contribution in [0.2, 0.25) is 0 Å². The van der Waals surface area contributed by atoms with Crippen molar-refractivity contribution in [3.8, 4) is 0 Å². The molecular formula is C9H17N3OS. The number of amides is 1. The molecule has 1 aliphatic carbocycles. The molecule has 0 aromatic heterocycles. The van der Waals surface area contributed by atoms with Gasteiger partial charge < -0.3 is 16.0 Å². The fourth-order valence-electron chi connectivity index (χ4n) is 1.87. The van der Waals surface area contributed by atoms with Crippen molar-refractivity contribution in [3.63, 3.8) is 0 Å². The highest BCUT2D eigenvalue weighted by molar-refractivity contribution is 7.80. The number of hydrogen-bond acceptors (Lipinski definition) is 2. The molecule has 3 N–H and O–H groups in total. The molecule has 0 aromatic rings. The Morgan fingerprint density at radius 3 is 2.57 bits per heavy atom. The Morgan fingerprint density at radius 2 is 2.00 bits per heavy atom. The Hall–Kier alpha value is -0.840. The first kappa shape index (κ1) is 11.2. The maximum Gasteiger partial charge on any atom is 0.224 e. The van der Waals surface area contributed by atoms with Gasteiger partial charge >= 0.3 is 0 Å². The molecule has 4 nitrogen and oxygen atoms in total. The first-order chi connectivity index (χ1) is 6.69. The normalized spacial score (nSPS) is 25.6. The van der Waals surface area contributed by atoms with E-state index in [0.717, 1.165) is 19.3 Å². The third kappa shape index (κ3) is 2.57. The average molecular weight is 215 g/mol. The third-order valence-corrected chi connectivity index (χ3v) is 2.96. The quantitative estimate of drug-likeness (QED) is 0.567. The molecule has 1 saturated carbocycles. The molecule has 1 rings (SSSR count). The van der Waals surface area contributed by atoms with Crippen molar-refractivity contribution in [2.75, 3.05) is 14.1 Å². The number of thiocarbonyl (C=S) groups is 1. The molecule has 5 heteroatoms. The van der Waals surface area contributed by atoms with Crippen LogP contribution in [-0.2, 0) is 4.79 Å². The molecule has 0 bridgehead atoms. The minimum atomic E-state index is 0.0614.